The van der Waals surface area contributed by atoms with Crippen LogP contribution in [0.2, 0.25) is 0 Å². The highest BCUT2D eigenvalue weighted by atomic mass is 16.7. The van der Waals surface area contributed by atoms with E-state index in [-0.39, 0.29) is 32.2 Å². The molecule has 1 saturated carbocycles. The Kier molecular flexibility index (Phi) is 10.6. The number of aliphatic hydroxyl groups excluding tert-OH is 7. The summed E-state index contributed by atoms with van der Waals surface area (Å²) in [5.74, 6) is 0. The predicted molar refractivity (Wildman–Crippen MR) is 117 cm³/mol. The first-order valence-corrected chi connectivity index (χ1v) is 11.8. The van der Waals surface area contributed by atoms with Crippen LogP contribution in [0, 0.1) is 0 Å². The van der Waals surface area contributed by atoms with E-state index in [9.17, 15) is 35.7 Å². The first kappa shape index (κ1) is 29.0. The minimum absolute atomic E-state index is 0.119. The van der Waals surface area contributed by atoms with Crippen molar-refractivity contribution in [2.75, 3.05) is 26.4 Å². The Hall–Kier alpha value is -0.600. The Morgan fingerprint density at radius 3 is 2.09 bits per heavy atom. The highest BCUT2D eigenvalue weighted by Gasteiger charge is 2.51. The molecule has 3 aliphatic rings. The normalized spacial score (nSPS) is 46.9. The van der Waals surface area contributed by atoms with Crippen LogP contribution in [0.3, 0.4) is 0 Å². The van der Waals surface area contributed by atoms with Gasteiger partial charge in [-0.3, -0.25) is 0 Å². The zero-order valence-electron chi connectivity index (χ0n) is 19.3. The summed E-state index contributed by atoms with van der Waals surface area (Å²) in [7, 11) is 0. The Morgan fingerprint density at radius 1 is 0.829 bits per heavy atom. The summed E-state index contributed by atoms with van der Waals surface area (Å²) in [5.41, 5.74) is 17.6. The SMILES string of the molecule is NCC1OC(OC2C(CO)OC(OC3CC(N)CC(NC(CO)CO)C3O)C2O)C(N)C(O)C1O. The van der Waals surface area contributed by atoms with Gasteiger partial charge >= 0.3 is 0 Å². The maximum Gasteiger partial charge on any atom is 0.187 e. The van der Waals surface area contributed by atoms with Crippen LogP contribution in [-0.4, -0.2) is 148 Å². The molecule has 0 aromatic heterocycles. The van der Waals surface area contributed by atoms with Crippen LogP contribution in [0.15, 0.2) is 0 Å². The van der Waals surface area contributed by atoms with E-state index in [1.54, 1.807) is 0 Å². The smallest absolute Gasteiger partial charge is 0.187 e. The van der Waals surface area contributed by atoms with E-state index in [4.69, 9.17) is 36.1 Å². The van der Waals surface area contributed by atoms with Crippen molar-refractivity contribution >= 4 is 0 Å². The fourth-order valence-electron chi connectivity index (χ4n) is 4.76. The fourth-order valence-corrected chi connectivity index (χ4v) is 4.76. The summed E-state index contributed by atoms with van der Waals surface area (Å²) in [5, 5.41) is 73.3. The maximum absolute atomic E-state index is 10.9. The summed E-state index contributed by atoms with van der Waals surface area (Å²) in [4.78, 5) is 0. The third kappa shape index (κ3) is 6.46. The molecule has 0 aromatic rings. The summed E-state index contributed by atoms with van der Waals surface area (Å²) in [6.07, 6.45) is -11.3. The third-order valence-corrected chi connectivity index (χ3v) is 6.83. The van der Waals surface area contributed by atoms with Crippen LogP contribution < -0.4 is 22.5 Å². The first-order chi connectivity index (χ1) is 16.6. The molecule has 206 valence electrons. The van der Waals surface area contributed by atoms with Gasteiger partial charge in [0.15, 0.2) is 12.6 Å². The molecule has 0 radical (unpaired) electrons. The molecular weight excluding hydrogens is 472 g/mol. The number of hydrogen-bond acceptors (Lipinski definition) is 15. The minimum atomic E-state index is -1.44. The molecular formula is C20H40N4O11. The standard InChI is InChI=1S/C20H40N4O11/c21-3-11-15(29)16(30)13(23)19(33-11)35-18-12(6-27)34-20(17(18)31)32-10-2-7(22)1-9(14(10)28)24-8(4-25)5-26/h7-20,24-31H,1-6,21-23H2. The van der Waals surface area contributed by atoms with E-state index in [0.29, 0.717) is 6.42 Å². The van der Waals surface area contributed by atoms with Gasteiger partial charge in [0.05, 0.1) is 44.1 Å². The number of ether oxygens (including phenoxy) is 4. The molecule has 13 atom stereocenters. The van der Waals surface area contributed by atoms with Gasteiger partial charge in [-0.05, 0) is 12.8 Å². The van der Waals surface area contributed by atoms with Crippen LogP contribution >= 0.6 is 0 Å². The summed E-state index contributed by atoms with van der Waals surface area (Å²) < 4.78 is 22.8. The van der Waals surface area contributed by atoms with Gasteiger partial charge in [-0.15, -0.1) is 0 Å². The Bertz CT molecular complexity index is 648. The van der Waals surface area contributed by atoms with Crippen LogP contribution in [0.5, 0.6) is 0 Å². The average molecular weight is 513 g/mol. The third-order valence-electron chi connectivity index (χ3n) is 6.83. The zero-order valence-corrected chi connectivity index (χ0v) is 19.3. The first-order valence-electron chi connectivity index (χ1n) is 11.8. The summed E-state index contributed by atoms with van der Waals surface area (Å²) >= 11 is 0. The fraction of sp³-hybridized carbons (Fsp3) is 1.00. The molecule has 35 heavy (non-hydrogen) atoms. The van der Waals surface area contributed by atoms with Gasteiger partial charge in [0.25, 0.3) is 0 Å². The number of hydrogen-bond donors (Lipinski definition) is 11. The molecule has 0 spiro atoms. The molecule has 2 heterocycles. The molecule has 13 unspecified atom stereocenters. The molecule has 15 heteroatoms. The van der Waals surface area contributed by atoms with Gasteiger partial charge in [0.2, 0.25) is 0 Å². The lowest BCUT2D eigenvalue weighted by Crippen LogP contribution is -2.64. The second-order valence-electron chi connectivity index (χ2n) is 9.39. The van der Waals surface area contributed by atoms with Crippen molar-refractivity contribution in [1.82, 2.24) is 5.32 Å². The van der Waals surface area contributed by atoms with Gasteiger partial charge in [-0.2, -0.15) is 0 Å². The highest BCUT2D eigenvalue weighted by Crippen LogP contribution is 2.32. The molecule has 0 aromatic carbocycles. The predicted octanol–water partition coefficient (Wildman–Crippen LogP) is -6.64. The molecule has 2 saturated heterocycles. The van der Waals surface area contributed by atoms with Crippen molar-refractivity contribution in [3.8, 4) is 0 Å². The van der Waals surface area contributed by atoms with Gasteiger partial charge < -0.3 is 77.2 Å². The highest BCUT2D eigenvalue weighted by molar-refractivity contribution is 4.97. The number of nitrogens with one attached hydrogen (secondary N) is 1. The van der Waals surface area contributed by atoms with Gasteiger partial charge in [-0.25, -0.2) is 0 Å². The van der Waals surface area contributed by atoms with Gasteiger partial charge in [-0.1, -0.05) is 0 Å². The van der Waals surface area contributed by atoms with Crippen molar-refractivity contribution in [3.05, 3.63) is 0 Å². The van der Waals surface area contributed by atoms with E-state index >= 15 is 0 Å². The second-order valence-corrected chi connectivity index (χ2v) is 9.39. The zero-order chi connectivity index (χ0) is 25.9. The topological polar surface area (TPSA) is 269 Å². The van der Waals surface area contributed by atoms with E-state index in [0.717, 1.165) is 0 Å². The van der Waals surface area contributed by atoms with Crippen LogP contribution in [-0.2, 0) is 18.9 Å². The Labute approximate surface area is 202 Å². The van der Waals surface area contributed by atoms with Crippen LogP contribution in [0.4, 0.5) is 0 Å². The molecule has 3 rings (SSSR count). The molecule has 1 aliphatic carbocycles. The van der Waals surface area contributed by atoms with Crippen LogP contribution in [0.25, 0.3) is 0 Å². The van der Waals surface area contributed by atoms with E-state index in [2.05, 4.69) is 5.32 Å². The van der Waals surface area contributed by atoms with E-state index in [1.807, 2.05) is 0 Å². The molecule has 14 N–H and O–H groups in total. The summed E-state index contributed by atoms with van der Waals surface area (Å²) in [6, 6.07) is -2.80. The Balaban J connectivity index is 1.66. The average Bonchev–Trinajstić information content (AvgIpc) is 3.14. The number of rotatable bonds is 10. The lowest BCUT2D eigenvalue weighted by molar-refractivity contribution is -0.280. The van der Waals surface area contributed by atoms with E-state index in [1.165, 1.54) is 0 Å². The second kappa shape index (κ2) is 12.8. The number of nitrogens with two attached hydrogens (primary N) is 3. The molecule has 2 aliphatic heterocycles. The maximum atomic E-state index is 10.9. The summed E-state index contributed by atoms with van der Waals surface area (Å²) in [6.45, 7) is -1.36. The molecule has 0 bridgehead atoms. The molecule has 3 fully saturated rings. The molecule has 0 amide bonds. The monoisotopic (exact) mass is 512 g/mol. The van der Waals surface area contributed by atoms with Crippen LogP contribution in [0.1, 0.15) is 12.8 Å². The van der Waals surface area contributed by atoms with Gasteiger partial charge in [0, 0.05) is 18.6 Å². The number of aliphatic hydroxyl groups is 7. The molecule has 15 nitrogen and oxygen atoms in total. The lowest BCUT2D eigenvalue weighted by atomic mass is 9.86. The quantitative estimate of drug-likeness (QED) is 0.130. The minimum Gasteiger partial charge on any atom is -0.395 e. The lowest BCUT2D eigenvalue weighted by Gasteiger charge is -2.42. The van der Waals surface area contributed by atoms with Crippen molar-refractivity contribution in [2.45, 2.75) is 98.4 Å². The van der Waals surface area contributed by atoms with Crippen molar-refractivity contribution in [1.29, 1.82) is 0 Å². The van der Waals surface area contributed by atoms with Crippen molar-refractivity contribution in [2.24, 2.45) is 17.2 Å². The van der Waals surface area contributed by atoms with E-state index < -0.39 is 86.1 Å². The van der Waals surface area contributed by atoms with Crippen molar-refractivity contribution < 1.29 is 54.7 Å². The van der Waals surface area contributed by atoms with Crippen molar-refractivity contribution in [3.63, 3.8) is 0 Å². The Morgan fingerprint density at radius 2 is 1.49 bits per heavy atom. The largest absolute Gasteiger partial charge is 0.395 e. The van der Waals surface area contributed by atoms with Gasteiger partial charge in [0.1, 0.15) is 36.6 Å².